The number of anilines is 1. The number of nitrogen functional groups attached to an aromatic ring is 1. The molecular formula is C107H133Cl12N21O4Sn. The van der Waals surface area contributed by atoms with Crippen molar-refractivity contribution < 1.29 is 14.5 Å². The monoisotopic (exact) mass is 2320 g/mol. The maximum absolute atomic E-state index is 11.4. The average Bonchev–Trinajstić information content (AvgIpc) is 1.52. The predicted octanol–water partition coefficient (Wildman–Crippen LogP) is 34.0. The molecule has 10 heterocycles. The van der Waals surface area contributed by atoms with Gasteiger partial charge in [-0.15, -0.1) is 0 Å². The number of halogens is 12. The minimum absolute atomic E-state index is 0. The molecule has 1 aliphatic heterocycles. The number of aromatic nitrogens is 18. The van der Waals surface area contributed by atoms with Crippen LogP contribution in [0.25, 0.3) is 101 Å². The van der Waals surface area contributed by atoms with Crippen LogP contribution in [0, 0.1) is 72.4 Å². The summed E-state index contributed by atoms with van der Waals surface area (Å²) in [4.78, 5) is 51.9. The Morgan fingerprint density at radius 2 is 0.745 bits per heavy atom. The fraction of sp³-hybridized carbons (Fsp3) is 0.402. The molecule has 5 N–H and O–H groups in total. The number of carbonyl (C=O) groups excluding carboxylic acids is 1. The SMILES string of the molecule is C.C.C.CCCCn1c(-c2c(C)ccc(N)c2C)nc(Cl)c1Cl.CCCCn1c(-c2c(C)ccc([N+](=O)[O-])c2C)nc(Cl)c1Cl.CCCCn1c(-c2c(C)ccc3[nH]ncc23)nc(Cl)c1C=O.CCCCn1c(-c2c(C)ccc3[nH]ncc23)nc(Cl)c1CN1CCCCC1c1ccc(OC)cc1.CCCCn1c(-c2c(C)ccc3[nH]ncc23)nc(Cl)c1Cl.CCCCn1c(-c2c(C)cccc2C)nc(Cl)c1Cl.[Cl][Sn][Cl]. The van der Waals surface area contributed by atoms with Gasteiger partial charge in [-0.3, -0.25) is 35.1 Å². The van der Waals surface area contributed by atoms with Gasteiger partial charge >= 0.3 is 36.7 Å². The number of nitrogens with zero attached hydrogens (tertiary/aromatic N) is 17. The Labute approximate surface area is 920 Å². The number of aryl methyl sites for hydroxylation is 7. The Morgan fingerprint density at radius 3 is 1.13 bits per heavy atom. The molecule has 0 bridgehead atoms. The van der Waals surface area contributed by atoms with Crippen LogP contribution in [0.4, 0.5) is 11.4 Å². The van der Waals surface area contributed by atoms with Crippen molar-refractivity contribution in [3.63, 3.8) is 0 Å². The van der Waals surface area contributed by atoms with Gasteiger partial charge in [-0.05, 0) is 207 Å². The first-order chi connectivity index (χ1) is 68.2. The quantitative estimate of drug-likeness (QED) is 0.0107. The Bertz CT molecular complexity index is 6970. The molecule has 0 amide bonds. The number of aldehydes is 1. The van der Waals surface area contributed by atoms with Gasteiger partial charge in [0.2, 0.25) is 0 Å². The summed E-state index contributed by atoms with van der Waals surface area (Å²) >= 11 is 61.8. The number of hydrogen-bond acceptors (Lipinski definition) is 15. The number of methoxy groups -OCH3 is 1. The number of piperidine rings is 1. The molecule has 1 saturated heterocycles. The van der Waals surface area contributed by atoms with Gasteiger partial charge in [-0.2, -0.15) is 15.3 Å². The van der Waals surface area contributed by atoms with Crippen molar-refractivity contribution in [1.82, 2.24) is 92.8 Å². The summed E-state index contributed by atoms with van der Waals surface area (Å²) in [5.41, 5.74) is 28.0. The van der Waals surface area contributed by atoms with Crippen molar-refractivity contribution in [3.05, 3.63) is 250 Å². The molecule has 25 nitrogen and oxygen atoms in total. The van der Waals surface area contributed by atoms with Crippen LogP contribution >= 0.6 is 134 Å². The van der Waals surface area contributed by atoms with Gasteiger partial charge in [0.15, 0.2) is 37.2 Å². The Balaban J connectivity index is 0.000000213. The number of benzene rings is 7. The summed E-state index contributed by atoms with van der Waals surface area (Å²) in [6, 6.07) is 34.5. The van der Waals surface area contributed by atoms with Gasteiger partial charge in [0.05, 0.1) is 52.9 Å². The predicted molar refractivity (Wildman–Crippen MR) is 611 cm³/mol. The number of imidazole rings is 6. The number of unbranched alkanes of at least 4 members (excludes halogenated alkanes) is 6. The van der Waals surface area contributed by atoms with Crippen LogP contribution in [0.3, 0.4) is 0 Å². The molecule has 0 aliphatic carbocycles. The van der Waals surface area contributed by atoms with E-state index in [9.17, 15) is 14.9 Å². The zero-order chi connectivity index (χ0) is 103. The second kappa shape index (κ2) is 57.8. The fourth-order valence-corrected chi connectivity index (χ4v) is 19.7. The topological polar surface area (TPSA) is 292 Å². The molecule has 2 radical (unpaired) electrons. The van der Waals surface area contributed by atoms with Crippen LogP contribution in [-0.4, -0.2) is 137 Å². The second-order valence-electron chi connectivity index (χ2n) is 35.0. The number of carbonyl (C=O) groups is 1. The van der Waals surface area contributed by atoms with Crippen molar-refractivity contribution in [3.8, 4) is 74.1 Å². The van der Waals surface area contributed by atoms with Gasteiger partial charge < -0.3 is 37.9 Å². The van der Waals surface area contributed by atoms with E-state index in [0.717, 1.165) is 269 Å². The van der Waals surface area contributed by atoms with Crippen molar-refractivity contribution in [2.75, 3.05) is 19.4 Å². The van der Waals surface area contributed by atoms with Gasteiger partial charge in [0.25, 0.3) is 5.69 Å². The summed E-state index contributed by atoms with van der Waals surface area (Å²) < 4.78 is 17.5. The van der Waals surface area contributed by atoms with E-state index >= 15 is 0 Å². The van der Waals surface area contributed by atoms with Crippen molar-refractivity contribution >= 4 is 203 Å². The standard InChI is InChI=1S/C28H34ClN5O.C16H17ClN4O.C15H16Cl2N4.C15H17Cl2N3O2.C15H19Cl2N3.C15H18Cl2N2.3CH4.2ClH.Sn/c1-4-5-16-34-25(18-33-15-7-6-8-24(33)20-10-12-21(35-3)13-11-20)27(29)31-28(34)26-19(2)9-14-23-22(26)17-30-32-23;1-3-4-7-21-13(9-22)15(17)19-16(21)14-10(2)5-6-12-11(14)8-18-20-12;1-3-4-7-21-14(17)13(16)19-15(21)12-9(2)5-6-11-10(12)8-18-20-11;1-4-5-8-19-14(17)13(16)18-15(19)12-9(2)6-7-11(10(12)3)20(21)22;1-4-5-8-20-14(17)13(16)19-15(20)12-9(2)6-7-11(18)10(12)3;1-4-5-9-19-14(17)13(16)18-15(19)12-10(2)7-6-8-11(12)3;;;;;;/h9-14,17,24H,4-8,15-16,18H2,1-3H3,(H,30,32);5-6,8-9H,3-4,7H2,1-2H3,(H,18,20);5-6,8H,3-4,7H2,1-2H3,(H,18,20);6-7H,4-5,8H2,1-3H3;6-7H,4-5,8,18H2,1-3H3;6-8H,4-5,9H2,1-3H3;3*1H4;2*1H;/q;;;;;;;;;;;+2/p-2. The summed E-state index contributed by atoms with van der Waals surface area (Å²) in [7, 11) is 11.6. The third-order valence-corrected chi connectivity index (χ3v) is 28.9. The van der Waals surface area contributed by atoms with Crippen LogP contribution in [0.5, 0.6) is 5.75 Å². The first-order valence-electron chi connectivity index (χ1n) is 47.7. The molecule has 7 aromatic carbocycles. The molecule has 0 saturated carbocycles. The molecule has 17 rings (SSSR count). The van der Waals surface area contributed by atoms with Crippen molar-refractivity contribution in [2.24, 2.45) is 0 Å². The molecular weight excluding hydrogens is 2190 g/mol. The van der Waals surface area contributed by atoms with Crippen LogP contribution in [0.15, 0.2) is 122 Å². The average molecular weight is 2320 g/mol. The number of H-pyrrole nitrogens is 3. The summed E-state index contributed by atoms with van der Waals surface area (Å²) in [6.07, 6.45) is 22.4. The van der Waals surface area contributed by atoms with Crippen molar-refractivity contribution in [2.45, 2.75) is 274 Å². The second-order valence-corrected chi connectivity index (χ2v) is 42.8. The Kier molecular flexibility index (Phi) is 48.3. The van der Waals surface area contributed by atoms with E-state index in [2.05, 4.69) is 195 Å². The van der Waals surface area contributed by atoms with Crippen LogP contribution in [0.1, 0.15) is 238 Å². The van der Waals surface area contributed by atoms with E-state index in [1.807, 2.05) is 93.3 Å². The van der Waals surface area contributed by atoms with Gasteiger partial charge in [0, 0.05) is 119 Å². The number of likely N-dealkylation sites (tertiary alicyclic amines) is 1. The number of nitrogens with two attached hydrogens (primary N) is 1. The maximum atomic E-state index is 11.4. The number of hydrogen-bond donors (Lipinski definition) is 4. The van der Waals surface area contributed by atoms with E-state index in [4.69, 9.17) is 149 Å². The third kappa shape index (κ3) is 28.6. The summed E-state index contributed by atoms with van der Waals surface area (Å²) in [6.45, 7) is 37.5. The van der Waals surface area contributed by atoms with E-state index < -0.39 is 18.9 Å². The normalized spacial score (nSPS) is 12.2. The Morgan fingerprint density at radius 1 is 0.421 bits per heavy atom. The number of ether oxygens (including phenoxy) is 1. The summed E-state index contributed by atoms with van der Waals surface area (Å²) in [5, 5.41) is 39.9. The molecule has 145 heavy (non-hydrogen) atoms. The van der Waals surface area contributed by atoms with E-state index in [-0.39, 0.29) is 43.2 Å². The molecule has 38 heteroatoms. The number of nitrogens with one attached hydrogen (secondary N) is 3. The van der Waals surface area contributed by atoms with Crippen LogP contribution < -0.4 is 10.5 Å². The first-order valence-corrected chi connectivity index (χ1v) is 58.7. The van der Waals surface area contributed by atoms with Crippen molar-refractivity contribution in [1.29, 1.82) is 0 Å². The molecule has 9 aromatic heterocycles. The zero-order valence-electron chi connectivity index (χ0n) is 82.8. The number of rotatable bonds is 30. The molecule has 16 aromatic rings. The van der Waals surface area contributed by atoms with Gasteiger partial charge in [0.1, 0.15) is 67.0 Å². The van der Waals surface area contributed by atoms with Gasteiger partial charge in [-0.1, -0.05) is 285 Å². The van der Waals surface area contributed by atoms with E-state index in [1.165, 1.54) is 41.2 Å². The molecule has 0 spiro atoms. The van der Waals surface area contributed by atoms with Gasteiger partial charge in [-0.25, -0.2) is 29.9 Å². The number of nitro benzene ring substituents is 1. The Hall–Kier alpha value is -8.88. The van der Waals surface area contributed by atoms with Crippen LogP contribution in [0.2, 0.25) is 51.5 Å². The third-order valence-electron chi connectivity index (χ3n) is 25.3. The van der Waals surface area contributed by atoms with Crippen LogP contribution in [-0.2, 0) is 45.8 Å². The first kappa shape index (κ1) is 121. The summed E-state index contributed by atoms with van der Waals surface area (Å²) in [5.74, 6) is 5.64. The zero-order valence-corrected chi connectivity index (χ0v) is 94.7. The molecule has 1 unspecified atom stereocenters. The molecule has 778 valence electrons. The van der Waals surface area contributed by atoms with E-state index in [1.54, 1.807) is 26.3 Å². The molecule has 1 atom stereocenters. The fourth-order valence-electron chi connectivity index (χ4n) is 17.7. The molecule has 1 fully saturated rings. The minimum atomic E-state index is -0.826. The van der Waals surface area contributed by atoms with E-state index in [0.29, 0.717) is 77.4 Å². The number of nitro groups is 1. The number of fused-ring (bicyclic) bond motifs is 3. The molecule has 1 aliphatic rings. The number of aromatic amines is 3.